The Balaban J connectivity index is 3.94. The molecule has 0 saturated heterocycles. The van der Waals surface area contributed by atoms with Crippen LogP contribution in [0.2, 0.25) is 0 Å². The van der Waals surface area contributed by atoms with E-state index in [2.05, 4.69) is 4.72 Å². The number of hydrogen-bond donors (Lipinski definition) is 2. The number of nitrogens with one attached hydrogen (secondary N) is 1. The van der Waals surface area contributed by atoms with E-state index in [9.17, 15) is 8.42 Å². The molecule has 0 spiro atoms. The molecule has 0 aromatic heterocycles. The lowest BCUT2D eigenvalue weighted by molar-refractivity contribution is 0.556. The third kappa shape index (κ3) is 4.04. The Morgan fingerprint density at radius 1 is 1.42 bits per heavy atom. The molecular formula is C7H18N2O2S. The van der Waals surface area contributed by atoms with Crippen LogP contribution in [0.5, 0.6) is 0 Å². The van der Waals surface area contributed by atoms with E-state index >= 15 is 0 Å². The third-order valence-electron chi connectivity index (χ3n) is 1.69. The molecule has 0 fully saturated rings. The van der Waals surface area contributed by atoms with Crippen LogP contribution in [0.4, 0.5) is 0 Å². The number of hydrogen-bond acceptors (Lipinski definition) is 3. The highest BCUT2D eigenvalue weighted by Gasteiger charge is 2.15. The Bertz CT molecular complexity index is 211. The van der Waals surface area contributed by atoms with Crippen molar-refractivity contribution in [3.8, 4) is 0 Å². The van der Waals surface area contributed by atoms with Crippen LogP contribution in [0.15, 0.2) is 0 Å². The molecule has 0 aromatic rings. The highest BCUT2D eigenvalue weighted by Crippen LogP contribution is 1.95. The summed E-state index contributed by atoms with van der Waals surface area (Å²) >= 11 is 0. The zero-order valence-electron chi connectivity index (χ0n) is 7.87. The fourth-order valence-corrected chi connectivity index (χ4v) is 1.31. The first kappa shape index (κ1) is 11.9. The summed E-state index contributed by atoms with van der Waals surface area (Å²) in [6.07, 6.45) is 0.778. The summed E-state index contributed by atoms with van der Waals surface area (Å²) in [5.74, 6) is 0. The Kier molecular flexibility index (Phi) is 4.74. The molecule has 0 amide bonds. The monoisotopic (exact) mass is 194 g/mol. The topological polar surface area (TPSA) is 72.2 Å². The van der Waals surface area contributed by atoms with Crippen LogP contribution in [-0.4, -0.2) is 26.3 Å². The first-order valence-electron chi connectivity index (χ1n) is 4.14. The first-order valence-corrected chi connectivity index (χ1v) is 5.68. The van der Waals surface area contributed by atoms with Gasteiger partial charge >= 0.3 is 0 Å². The summed E-state index contributed by atoms with van der Waals surface area (Å²) in [5, 5.41) is -0.387. The quantitative estimate of drug-likeness (QED) is 0.649. The van der Waals surface area contributed by atoms with Gasteiger partial charge in [0.2, 0.25) is 10.0 Å². The molecule has 12 heavy (non-hydrogen) atoms. The maximum Gasteiger partial charge on any atom is 0.213 e. The van der Waals surface area contributed by atoms with E-state index in [1.54, 1.807) is 13.8 Å². The van der Waals surface area contributed by atoms with Crippen LogP contribution in [0.1, 0.15) is 27.2 Å². The fourth-order valence-electron chi connectivity index (χ4n) is 0.534. The molecule has 0 aromatic carbocycles. The minimum atomic E-state index is -3.13. The lowest BCUT2D eigenvalue weighted by Gasteiger charge is -2.12. The van der Waals surface area contributed by atoms with Crippen LogP contribution in [-0.2, 0) is 10.0 Å². The molecule has 0 heterocycles. The van der Waals surface area contributed by atoms with Gasteiger partial charge in [-0.25, -0.2) is 13.1 Å². The summed E-state index contributed by atoms with van der Waals surface area (Å²) in [4.78, 5) is 0. The van der Waals surface area contributed by atoms with Crippen LogP contribution in [0.25, 0.3) is 0 Å². The predicted molar refractivity (Wildman–Crippen MR) is 50.3 cm³/mol. The van der Waals surface area contributed by atoms with E-state index in [0.29, 0.717) is 6.54 Å². The highest BCUT2D eigenvalue weighted by atomic mass is 32.2. The Morgan fingerprint density at radius 2 is 1.92 bits per heavy atom. The molecule has 0 radical (unpaired) electrons. The molecule has 0 bridgehead atoms. The predicted octanol–water partition coefficient (Wildman–Crippen LogP) is 0.0515. The summed E-state index contributed by atoms with van der Waals surface area (Å²) in [7, 11) is -3.13. The summed E-state index contributed by atoms with van der Waals surface area (Å²) in [6.45, 7) is 5.53. The van der Waals surface area contributed by atoms with E-state index in [1.807, 2.05) is 6.92 Å². The largest absolute Gasteiger partial charge is 0.327 e. The third-order valence-corrected chi connectivity index (χ3v) is 3.50. The van der Waals surface area contributed by atoms with Gasteiger partial charge in [-0.3, -0.25) is 0 Å². The first-order chi connectivity index (χ1) is 5.40. The second-order valence-corrected chi connectivity index (χ2v) is 5.43. The SMILES string of the molecule is CCC(N)CNS(=O)(=O)C(C)C. The molecule has 0 aliphatic carbocycles. The number of rotatable bonds is 5. The van der Waals surface area contributed by atoms with Crippen LogP contribution < -0.4 is 10.5 Å². The van der Waals surface area contributed by atoms with E-state index in [1.165, 1.54) is 0 Å². The molecular weight excluding hydrogens is 176 g/mol. The Hall–Kier alpha value is -0.130. The van der Waals surface area contributed by atoms with Gasteiger partial charge in [-0.15, -0.1) is 0 Å². The van der Waals surface area contributed by atoms with Crippen molar-refractivity contribution in [2.75, 3.05) is 6.54 Å². The molecule has 0 saturated carbocycles. The van der Waals surface area contributed by atoms with Gasteiger partial charge in [0.05, 0.1) is 5.25 Å². The van der Waals surface area contributed by atoms with Crippen molar-refractivity contribution >= 4 is 10.0 Å². The number of sulfonamides is 1. The average molecular weight is 194 g/mol. The molecule has 1 unspecified atom stereocenters. The zero-order chi connectivity index (χ0) is 9.78. The Morgan fingerprint density at radius 3 is 2.25 bits per heavy atom. The molecule has 4 nitrogen and oxygen atoms in total. The van der Waals surface area contributed by atoms with Gasteiger partial charge in [-0.1, -0.05) is 6.92 Å². The molecule has 0 rings (SSSR count). The molecule has 3 N–H and O–H groups in total. The van der Waals surface area contributed by atoms with Crippen molar-refractivity contribution in [3.05, 3.63) is 0 Å². The smallest absolute Gasteiger partial charge is 0.213 e. The van der Waals surface area contributed by atoms with Gasteiger partial charge in [0, 0.05) is 12.6 Å². The van der Waals surface area contributed by atoms with Gasteiger partial charge < -0.3 is 5.73 Å². The summed E-state index contributed by atoms with van der Waals surface area (Å²) in [5.41, 5.74) is 5.55. The molecule has 0 aliphatic heterocycles. The Labute approximate surface area is 74.6 Å². The number of nitrogens with two attached hydrogens (primary N) is 1. The van der Waals surface area contributed by atoms with Crippen molar-refractivity contribution in [3.63, 3.8) is 0 Å². The van der Waals surface area contributed by atoms with Gasteiger partial charge in [-0.2, -0.15) is 0 Å². The van der Waals surface area contributed by atoms with Crippen molar-refractivity contribution in [2.45, 2.75) is 38.5 Å². The van der Waals surface area contributed by atoms with Gasteiger partial charge in [0.15, 0.2) is 0 Å². The van der Waals surface area contributed by atoms with Crippen molar-refractivity contribution < 1.29 is 8.42 Å². The van der Waals surface area contributed by atoms with E-state index < -0.39 is 10.0 Å². The summed E-state index contributed by atoms with van der Waals surface area (Å²) < 4.78 is 24.8. The van der Waals surface area contributed by atoms with E-state index in [-0.39, 0.29) is 11.3 Å². The van der Waals surface area contributed by atoms with Crippen LogP contribution >= 0.6 is 0 Å². The maximum atomic E-state index is 11.2. The van der Waals surface area contributed by atoms with Crippen LogP contribution in [0, 0.1) is 0 Å². The zero-order valence-corrected chi connectivity index (χ0v) is 8.69. The standard InChI is InChI=1S/C7H18N2O2S/c1-4-7(8)5-9-12(10,11)6(2)3/h6-7,9H,4-5,8H2,1-3H3. The molecule has 0 aliphatic rings. The lowest BCUT2D eigenvalue weighted by Crippen LogP contribution is -2.39. The average Bonchev–Trinajstić information content (AvgIpc) is 2.00. The molecule has 5 heteroatoms. The van der Waals surface area contributed by atoms with Crippen molar-refractivity contribution in [1.29, 1.82) is 0 Å². The highest BCUT2D eigenvalue weighted by molar-refractivity contribution is 7.90. The summed E-state index contributed by atoms with van der Waals surface area (Å²) in [6, 6.07) is -0.0847. The van der Waals surface area contributed by atoms with E-state index in [4.69, 9.17) is 5.73 Å². The van der Waals surface area contributed by atoms with Crippen molar-refractivity contribution in [2.24, 2.45) is 5.73 Å². The van der Waals surface area contributed by atoms with Gasteiger partial charge in [-0.05, 0) is 20.3 Å². The van der Waals surface area contributed by atoms with E-state index in [0.717, 1.165) is 6.42 Å². The maximum absolute atomic E-state index is 11.2. The van der Waals surface area contributed by atoms with Gasteiger partial charge in [0.25, 0.3) is 0 Å². The van der Waals surface area contributed by atoms with Gasteiger partial charge in [0.1, 0.15) is 0 Å². The van der Waals surface area contributed by atoms with Crippen LogP contribution in [0.3, 0.4) is 0 Å². The van der Waals surface area contributed by atoms with Crippen molar-refractivity contribution in [1.82, 2.24) is 4.72 Å². The lowest BCUT2D eigenvalue weighted by atomic mass is 10.2. The minimum Gasteiger partial charge on any atom is -0.327 e. The minimum absolute atomic E-state index is 0.0847. The fraction of sp³-hybridized carbons (Fsp3) is 1.00. The molecule has 1 atom stereocenters. The normalized spacial score (nSPS) is 15.1. The molecule has 74 valence electrons. The second-order valence-electron chi connectivity index (χ2n) is 3.11. The second kappa shape index (κ2) is 4.79.